The first-order chi connectivity index (χ1) is 7.81. The Morgan fingerprint density at radius 2 is 2.31 bits per heavy atom. The van der Waals surface area contributed by atoms with Crippen molar-refractivity contribution in [1.82, 2.24) is 10.3 Å². The van der Waals surface area contributed by atoms with E-state index < -0.39 is 0 Å². The summed E-state index contributed by atoms with van der Waals surface area (Å²) in [7, 11) is 0. The van der Waals surface area contributed by atoms with Gasteiger partial charge in [-0.1, -0.05) is 19.9 Å². The van der Waals surface area contributed by atoms with Crippen molar-refractivity contribution in [1.29, 1.82) is 0 Å². The molecule has 2 rings (SSSR count). The number of pyridine rings is 1. The maximum Gasteiger partial charge on any atom is 0.0299 e. The summed E-state index contributed by atoms with van der Waals surface area (Å²) in [5.74, 6) is 1.62. The molecule has 0 radical (unpaired) electrons. The second-order valence-corrected chi connectivity index (χ2v) is 4.93. The van der Waals surface area contributed by atoms with Crippen molar-refractivity contribution in [3.63, 3.8) is 0 Å². The predicted octanol–water partition coefficient (Wildman–Crippen LogP) is 2.65. The topological polar surface area (TPSA) is 24.9 Å². The smallest absolute Gasteiger partial charge is 0.0299 e. The minimum absolute atomic E-state index is 0.728. The second-order valence-electron chi connectivity index (χ2n) is 4.93. The molecule has 0 bridgehead atoms. The van der Waals surface area contributed by atoms with Crippen molar-refractivity contribution in [2.24, 2.45) is 11.8 Å². The van der Waals surface area contributed by atoms with Crippen molar-refractivity contribution in [2.45, 2.75) is 39.2 Å². The lowest BCUT2D eigenvalue weighted by Gasteiger charge is -2.21. The molecule has 1 aromatic rings. The summed E-state index contributed by atoms with van der Waals surface area (Å²) in [4.78, 5) is 4.19. The van der Waals surface area contributed by atoms with E-state index in [1.165, 1.54) is 24.8 Å². The van der Waals surface area contributed by atoms with Crippen molar-refractivity contribution >= 4 is 0 Å². The first-order valence-corrected chi connectivity index (χ1v) is 6.43. The van der Waals surface area contributed by atoms with Gasteiger partial charge >= 0.3 is 0 Å². The molecule has 1 N–H and O–H groups in total. The van der Waals surface area contributed by atoms with E-state index in [0.29, 0.717) is 0 Å². The number of rotatable bonds is 4. The average molecular weight is 218 g/mol. The zero-order valence-corrected chi connectivity index (χ0v) is 10.3. The Morgan fingerprint density at radius 3 is 3.00 bits per heavy atom. The van der Waals surface area contributed by atoms with Crippen LogP contribution in [-0.2, 0) is 6.42 Å². The lowest BCUT2D eigenvalue weighted by Crippen LogP contribution is -2.32. The maximum atomic E-state index is 4.19. The maximum absolute atomic E-state index is 4.19. The highest BCUT2D eigenvalue weighted by Crippen LogP contribution is 2.34. The van der Waals surface area contributed by atoms with E-state index in [1.54, 1.807) is 0 Å². The zero-order valence-electron chi connectivity index (χ0n) is 10.3. The molecule has 3 atom stereocenters. The number of aromatic nitrogens is 1. The third-order valence-corrected chi connectivity index (χ3v) is 3.91. The van der Waals surface area contributed by atoms with Gasteiger partial charge < -0.3 is 5.32 Å². The highest BCUT2D eigenvalue weighted by Gasteiger charge is 2.31. The van der Waals surface area contributed by atoms with Crippen LogP contribution in [0, 0.1) is 11.8 Å². The normalized spacial score (nSPS) is 29.5. The van der Waals surface area contributed by atoms with Crippen LogP contribution in [-0.4, -0.2) is 17.6 Å². The number of nitrogens with one attached hydrogen (secondary N) is 1. The Kier molecular flexibility index (Phi) is 3.94. The van der Waals surface area contributed by atoms with Gasteiger partial charge in [-0.05, 0) is 49.3 Å². The molecule has 0 spiro atoms. The van der Waals surface area contributed by atoms with Gasteiger partial charge in [0.25, 0.3) is 0 Å². The highest BCUT2D eigenvalue weighted by molar-refractivity contribution is 5.10. The standard InChI is InChI=1S/C14H22N2/c1-3-16-14-7-6-13(11(14)2)9-12-5-4-8-15-10-12/h4-5,8,10-11,13-14,16H,3,6-7,9H2,1-2H3. The molecule has 1 aliphatic carbocycles. The molecular weight excluding hydrogens is 196 g/mol. The molecule has 3 unspecified atom stereocenters. The van der Waals surface area contributed by atoms with Gasteiger partial charge in [-0.25, -0.2) is 0 Å². The molecule has 88 valence electrons. The fourth-order valence-corrected chi connectivity index (χ4v) is 2.91. The van der Waals surface area contributed by atoms with Crippen molar-refractivity contribution in [3.05, 3.63) is 30.1 Å². The monoisotopic (exact) mass is 218 g/mol. The Balaban J connectivity index is 1.92. The number of nitrogens with zero attached hydrogens (tertiary/aromatic N) is 1. The molecule has 2 nitrogen and oxygen atoms in total. The molecule has 0 aliphatic heterocycles. The Morgan fingerprint density at radius 1 is 1.44 bits per heavy atom. The summed E-state index contributed by atoms with van der Waals surface area (Å²) in [6, 6.07) is 4.96. The predicted molar refractivity (Wildman–Crippen MR) is 67.3 cm³/mol. The van der Waals surface area contributed by atoms with Gasteiger partial charge in [0, 0.05) is 18.4 Å². The Labute approximate surface area is 98.5 Å². The van der Waals surface area contributed by atoms with E-state index >= 15 is 0 Å². The Bertz CT molecular complexity index is 310. The zero-order chi connectivity index (χ0) is 11.4. The minimum Gasteiger partial charge on any atom is -0.314 e. The van der Waals surface area contributed by atoms with E-state index in [0.717, 1.165) is 24.4 Å². The average Bonchev–Trinajstić information content (AvgIpc) is 2.64. The SMILES string of the molecule is CCNC1CCC(Cc2cccnc2)C1C. The quantitative estimate of drug-likeness (QED) is 0.840. The van der Waals surface area contributed by atoms with Crippen molar-refractivity contribution in [2.75, 3.05) is 6.54 Å². The van der Waals surface area contributed by atoms with Gasteiger partial charge in [-0.15, -0.1) is 0 Å². The molecule has 0 aromatic carbocycles. The molecule has 0 saturated heterocycles. The van der Waals surface area contributed by atoms with Crippen LogP contribution in [0.2, 0.25) is 0 Å². The first-order valence-electron chi connectivity index (χ1n) is 6.43. The third-order valence-electron chi connectivity index (χ3n) is 3.91. The van der Waals surface area contributed by atoms with Crippen LogP contribution in [0.4, 0.5) is 0 Å². The van der Waals surface area contributed by atoms with E-state index in [4.69, 9.17) is 0 Å². The molecule has 0 amide bonds. The number of hydrogen-bond acceptors (Lipinski definition) is 2. The summed E-state index contributed by atoms with van der Waals surface area (Å²) < 4.78 is 0. The molecule has 1 heterocycles. The van der Waals surface area contributed by atoms with Crippen molar-refractivity contribution in [3.8, 4) is 0 Å². The molecular formula is C14H22N2. The van der Waals surface area contributed by atoms with Gasteiger partial charge in [0.15, 0.2) is 0 Å². The molecule has 1 aromatic heterocycles. The molecule has 16 heavy (non-hydrogen) atoms. The minimum atomic E-state index is 0.728. The van der Waals surface area contributed by atoms with Crippen LogP contribution >= 0.6 is 0 Å². The highest BCUT2D eigenvalue weighted by atomic mass is 14.9. The fourth-order valence-electron chi connectivity index (χ4n) is 2.91. The van der Waals surface area contributed by atoms with Crippen LogP contribution in [0.1, 0.15) is 32.3 Å². The molecule has 1 fully saturated rings. The van der Waals surface area contributed by atoms with Gasteiger partial charge in [0.05, 0.1) is 0 Å². The summed E-state index contributed by atoms with van der Waals surface area (Å²) in [5, 5.41) is 3.59. The molecule has 2 heteroatoms. The largest absolute Gasteiger partial charge is 0.314 e. The number of hydrogen-bond donors (Lipinski definition) is 1. The summed E-state index contributed by atoms with van der Waals surface area (Å²) in [5.41, 5.74) is 1.39. The Hall–Kier alpha value is -0.890. The third kappa shape index (κ3) is 2.62. The van der Waals surface area contributed by atoms with Gasteiger partial charge in [-0.2, -0.15) is 0 Å². The fraction of sp³-hybridized carbons (Fsp3) is 0.643. The molecule has 1 aliphatic rings. The van der Waals surface area contributed by atoms with Gasteiger partial charge in [-0.3, -0.25) is 4.98 Å². The van der Waals surface area contributed by atoms with E-state index in [2.05, 4.69) is 30.2 Å². The lowest BCUT2D eigenvalue weighted by atomic mass is 9.90. The van der Waals surface area contributed by atoms with E-state index in [-0.39, 0.29) is 0 Å². The van der Waals surface area contributed by atoms with E-state index in [9.17, 15) is 0 Å². The molecule has 1 saturated carbocycles. The summed E-state index contributed by atoms with van der Waals surface area (Å²) >= 11 is 0. The van der Waals surface area contributed by atoms with Crippen LogP contribution in [0.25, 0.3) is 0 Å². The van der Waals surface area contributed by atoms with E-state index in [1.807, 2.05) is 18.5 Å². The van der Waals surface area contributed by atoms with Gasteiger partial charge in [0.1, 0.15) is 0 Å². The summed E-state index contributed by atoms with van der Waals surface area (Å²) in [6.45, 7) is 5.68. The lowest BCUT2D eigenvalue weighted by molar-refractivity contribution is 0.355. The second kappa shape index (κ2) is 5.44. The van der Waals surface area contributed by atoms with Crippen molar-refractivity contribution < 1.29 is 0 Å². The van der Waals surface area contributed by atoms with Crippen LogP contribution in [0.5, 0.6) is 0 Å². The van der Waals surface area contributed by atoms with Crippen LogP contribution in [0.3, 0.4) is 0 Å². The summed E-state index contributed by atoms with van der Waals surface area (Å²) in [6.07, 6.45) is 7.74. The van der Waals surface area contributed by atoms with Crippen LogP contribution < -0.4 is 5.32 Å². The van der Waals surface area contributed by atoms with Crippen LogP contribution in [0.15, 0.2) is 24.5 Å². The van der Waals surface area contributed by atoms with Gasteiger partial charge in [0.2, 0.25) is 0 Å². The first kappa shape index (κ1) is 11.6.